The second kappa shape index (κ2) is 6.57. The van der Waals surface area contributed by atoms with Gasteiger partial charge in [-0.3, -0.25) is 4.79 Å². The van der Waals surface area contributed by atoms with Crippen LogP contribution in [0.25, 0.3) is 0 Å². The molecule has 0 aliphatic carbocycles. The van der Waals surface area contributed by atoms with E-state index in [4.69, 9.17) is 14.4 Å². The normalized spacial score (nSPS) is 11.5. The summed E-state index contributed by atoms with van der Waals surface area (Å²) in [6, 6.07) is 8.41. The highest BCUT2D eigenvalue weighted by molar-refractivity contribution is 5.77. The number of rotatable bonds is 5. The summed E-state index contributed by atoms with van der Waals surface area (Å²) >= 11 is 0. The Kier molecular flexibility index (Phi) is 4.57. The second-order valence-corrected chi connectivity index (χ2v) is 4.49. The number of carbonyl (C=O) groups is 1. The van der Waals surface area contributed by atoms with E-state index in [1.165, 1.54) is 0 Å². The van der Waals surface area contributed by atoms with Crippen LogP contribution in [0.1, 0.15) is 30.2 Å². The minimum Gasteiger partial charge on any atom is -0.482 e. The van der Waals surface area contributed by atoms with Crippen LogP contribution in [0.15, 0.2) is 34.9 Å². The Balaban J connectivity index is 1.89. The Hall–Kier alpha value is -2.81. The molecule has 0 aliphatic rings. The smallest absolute Gasteiger partial charge is 0.258 e. The average Bonchev–Trinajstić information content (AvgIpc) is 2.92. The van der Waals surface area contributed by atoms with Crippen molar-refractivity contribution in [3.8, 4) is 11.8 Å². The molecule has 6 heteroatoms. The third kappa shape index (κ3) is 3.83. The molecule has 0 saturated carbocycles. The first kappa shape index (κ1) is 14.6. The van der Waals surface area contributed by atoms with Crippen molar-refractivity contribution in [3.05, 3.63) is 47.7 Å². The van der Waals surface area contributed by atoms with Gasteiger partial charge in [-0.05, 0) is 26.0 Å². The molecule has 0 aliphatic heterocycles. The summed E-state index contributed by atoms with van der Waals surface area (Å²) in [5.74, 6) is 1.20. The first-order valence-electron chi connectivity index (χ1n) is 6.43. The van der Waals surface area contributed by atoms with Crippen molar-refractivity contribution in [2.45, 2.75) is 19.9 Å². The Morgan fingerprint density at radius 2 is 2.29 bits per heavy atom. The minimum atomic E-state index is -0.346. The number of para-hydroxylation sites is 1. The van der Waals surface area contributed by atoms with Gasteiger partial charge < -0.3 is 14.5 Å². The van der Waals surface area contributed by atoms with E-state index in [1.807, 2.05) is 6.07 Å². The molecule has 21 heavy (non-hydrogen) atoms. The molecule has 0 spiro atoms. The van der Waals surface area contributed by atoms with Crippen LogP contribution in [-0.4, -0.2) is 17.5 Å². The van der Waals surface area contributed by atoms with Crippen LogP contribution in [0.3, 0.4) is 0 Å². The van der Waals surface area contributed by atoms with Crippen LogP contribution in [0, 0.1) is 18.3 Å². The van der Waals surface area contributed by atoms with Crippen LogP contribution in [-0.2, 0) is 4.79 Å². The lowest BCUT2D eigenvalue weighted by Crippen LogP contribution is -2.31. The number of carbonyl (C=O) groups excluding carboxylic acids is 1. The number of aromatic nitrogens is 1. The number of nitriles is 1. The third-order valence-electron chi connectivity index (χ3n) is 2.75. The Labute approximate surface area is 122 Å². The fraction of sp³-hybridized carbons (Fsp3) is 0.267. The van der Waals surface area contributed by atoms with Gasteiger partial charge in [-0.25, -0.2) is 4.98 Å². The van der Waals surface area contributed by atoms with Crippen LogP contribution in [0.2, 0.25) is 0 Å². The van der Waals surface area contributed by atoms with Crippen molar-refractivity contribution >= 4 is 5.91 Å². The molecule has 1 unspecified atom stereocenters. The Morgan fingerprint density at radius 3 is 2.95 bits per heavy atom. The molecular weight excluding hydrogens is 270 g/mol. The molecule has 6 nitrogen and oxygen atoms in total. The summed E-state index contributed by atoms with van der Waals surface area (Å²) in [4.78, 5) is 15.9. The molecule has 1 atom stereocenters. The molecular formula is C15H15N3O3. The highest BCUT2D eigenvalue weighted by Crippen LogP contribution is 2.16. The topological polar surface area (TPSA) is 88.1 Å². The van der Waals surface area contributed by atoms with Gasteiger partial charge in [0.05, 0.1) is 11.8 Å². The average molecular weight is 285 g/mol. The van der Waals surface area contributed by atoms with Crippen molar-refractivity contribution in [3.63, 3.8) is 0 Å². The number of nitrogens with zero attached hydrogens (tertiary/aromatic N) is 2. The van der Waals surface area contributed by atoms with Gasteiger partial charge in [-0.15, -0.1) is 0 Å². The Bertz CT molecular complexity index is 673. The first-order chi connectivity index (χ1) is 10.1. The summed E-state index contributed by atoms with van der Waals surface area (Å²) in [7, 11) is 0. The van der Waals surface area contributed by atoms with Gasteiger partial charge in [0.15, 0.2) is 6.61 Å². The maximum Gasteiger partial charge on any atom is 0.258 e. The number of benzene rings is 1. The fourth-order valence-electron chi connectivity index (χ4n) is 1.75. The minimum absolute atomic E-state index is 0.178. The molecule has 1 aromatic heterocycles. The molecule has 2 rings (SSSR count). The number of oxazole rings is 1. The largest absolute Gasteiger partial charge is 0.482 e. The van der Waals surface area contributed by atoms with Gasteiger partial charge in [0.2, 0.25) is 5.89 Å². The van der Waals surface area contributed by atoms with Crippen LogP contribution in [0.4, 0.5) is 0 Å². The molecule has 0 saturated heterocycles. The number of amides is 1. The zero-order valence-corrected chi connectivity index (χ0v) is 11.8. The summed E-state index contributed by atoms with van der Waals surface area (Å²) in [6.45, 7) is 3.38. The molecule has 1 N–H and O–H groups in total. The highest BCUT2D eigenvalue weighted by atomic mass is 16.5. The quantitative estimate of drug-likeness (QED) is 0.909. The summed E-state index contributed by atoms with van der Waals surface area (Å²) in [5.41, 5.74) is 0.390. The number of hydrogen-bond donors (Lipinski definition) is 1. The zero-order chi connectivity index (χ0) is 15.2. The standard InChI is InChI=1S/C15H15N3O3/c1-10-8-17-15(21-10)11(2)18-14(19)9-20-13-6-4-3-5-12(13)7-16/h3-6,8,11H,9H2,1-2H3,(H,18,19). The van der Waals surface area contributed by atoms with Gasteiger partial charge in [-0.2, -0.15) is 5.26 Å². The van der Waals surface area contributed by atoms with Crippen LogP contribution in [0.5, 0.6) is 5.75 Å². The second-order valence-electron chi connectivity index (χ2n) is 4.49. The van der Waals surface area contributed by atoms with E-state index in [-0.39, 0.29) is 18.6 Å². The molecule has 108 valence electrons. The van der Waals surface area contributed by atoms with Gasteiger partial charge in [0.1, 0.15) is 23.6 Å². The van der Waals surface area contributed by atoms with Gasteiger partial charge in [-0.1, -0.05) is 12.1 Å². The molecule has 0 fully saturated rings. The molecule has 0 bridgehead atoms. The number of hydrogen-bond acceptors (Lipinski definition) is 5. The van der Waals surface area contributed by atoms with Crippen molar-refractivity contribution < 1.29 is 13.9 Å². The van der Waals surface area contributed by atoms with E-state index in [9.17, 15) is 4.79 Å². The van der Waals surface area contributed by atoms with Crippen molar-refractivity contribution in [1.82, 2.24) is 10.3 Å². The van der Waals surface area contributed by atoms with E-state index in [1.54, 1.807) is 44.3 Å². The van der Waals surface area contributed by atoms with Crippen molar-refractivity contribution in [2.24, 2.45) is 0 Å². The Morgan fingerprint density at radius 1 is 1.52 bits per heavy atom. The third-order valence-corrected chi connectivity index (χ3v) is 2.75. The fourth-order valence-corrected chi connectivity index (χ4v) is 1.75. The maximum atomic E-state index is 11.8. The molecule has 0 radical (unpaired) electrons. The highest BCUT2D eigenvalue weighted by Gasteiger charge is 2.15. The predicted octanol–water partition coefficient (Wildman–Crippen LogP) is 2.11. The maximum absolute atomic E-state index is 11.8. The van der Waals surface area contributed by atoms with Crippen LogP contribution >= 0.6 is 0 Å². The lowest BCUT2D eigenvalue weighted by molar-refractivity contribution is -0.123. The van der Waals surface area contributed by atoms with E-state index in [0.717, 1.165) is 0 Å². The lowest BCUT2D eigenvalue weighted by atomic mass is 10.2. The van der Waals surface area contributed by atoms with Gasteiger partial charge in [0, 0.05) is 0 Å². The van der Waals surface area contributed by atoms with Gasteiger partial charge >= 0.3 is 0 Å². The summed E-state index contributed by atoms with van der Waals surface area (Å²) in [5, 5.41) is 11.6. The summed E-state index contributed by atoms with van der Waals surface area (Å²) < 4.78 is 10.7. The number of nitrogens with one attached hydrogen (secondary N) is 1. The van der Waals surface area contributed by atoms with Crippen LogP contribution < -0.4 is 10.1 Å². The lowest BCUT2D eigenvalue weighted by Gasteiger charge is -2.11. The van der Waals surface area contributed by atoms with Crippen molar-refractivity contribution in [1.29, 1.82) is 5.26 Å². The number of ether oxygens (including phenoxy) is 1. The monoisotopic (exact) mass is 285 g/mol. The van der Waals surface area contributed by atoms with E-state index in [2.05, 4.69) is 10.3 Å². The zero-order valence-electron chi connectivity index (χ0n) is 11.8. The van der Waals surface area contributed by atoms with E-state index in [0.29, 0.717) is 23.0 Å². The SMILES string of the molecule is Cc1cnc(C(C)NC(=O)COc2ccccc2C#N)o1. The summed E-state index contributed by atoms with van der Waals surface area (Å²) in [6.07, 6.45) is 1.59. The molecule has 2 aromatic rings. The molecule has 1 amide bonds. The van der Waals surface area contributed by atoms with E-state index >= 15 is 0 Å². The van der Waals surface area contributed by atoms with Gasteiger partial charge in [0.25, 0.3) is 5.91 Å². The van der Waals surface area contributed by atoms with E-state index < -0.39 is 0 Å². The van der Waals surface area contributed by atoms with Crippen molar-refractivity contribution in [2.75, 3.05) is 6.61 Å². The first-order valence-corrected chi connectivity index (χ1v) is 6.43. The molecule has 1 aromatic carbocycles. The predicted molar refractivity (Wildman–Crippen MR) is 74.4 cm³/mol. The molecule has 1 heterocycles. The number of aryl methyl sites for hydroxylation is 1.